The lowest BCUT2D eigenvalue weighted by Crippen LogP contribution is -2.39. The molecule has 104 valence electrons. The van der Waals surface area contributed by atoms with Crippen molar-refractivity contribution >= 4 is 17.6 Å². The van der Waals surface area contributed by atoms with E-state index in [-0.39, 0.29) is 12.5 Å². The molecule has 1 aliphatic heterocycles. The van der Waals surface area contributed by atoms with Crippen LogP contribution >= 0.6 is 11.6 Å². The van der Waals surface area contributed by atoms with Gasteiger partial charge in [-0.15, -0.1) is 0 Å². The third-order valence-corrected chi connectivity index (χ3v) is 3.62. The molecule has 0 aliphatic carbocycles. The van der Waals surface area contributed by atoms with E-state index in [1.807, 2.05) is 24.3 Å². The zero-order chi connectivity index (χ0) is 13.7. The fourth-order valence-corrected chi connectivity index (χ4v) is 2.40. The van der Waals surface area contributed by atoms with E-state index in [0.29, 0.717) is 11.6 Å². The van der Waals surface area contributed by atoms with E-state index in [9.17, 15) is 4.79 Å². The van der Waals surface area contributed by atoms with Gasteiger partial charge in [-0.3, -0.25) is 4.79 Å². The number of nitrogens with zero attached hydrogens (tertiary/aromatic N) is 1. The second kappa shape index (κ2) is 6.78. The smallest absolute Gasteiger partial charge is 0.304 e. The van der Waals surface area contributed by atoms with Gasteiger partial charge in [0.1, 0.15) is 11.9 Å². The summed E-state index contributed by atoms with van der Waals surface area (Å²) in [5.74, 6) is -0.0115. The van der Waals surface area contributed by atoms with Gasteiger partial charge in [0.25, 0.3) is 0 Å². The Kier molecular flexibility index (Phi) is 5.05. The highest BCUT2D eigenvalue weighted by Gasteiger charge is 2.21. The summed E-state index contributed by atoms with van der Waals surface area (Å²) in [6.07, 6.45) is 2.19. The molecule has 5 heteroatoms. The molecular weight excluding hydrogens is 266 g/mol. The largest absolute Gasteiger partial charge is 0.489 e. The Labute approximate surface area is 117 Å². The number of hydrogen-bond acceptors (Lipinski definition) is 3. The van der Waals surface area contributed by atoms with Gasteiger partial charge >= 0.3 is 5.97 Å². The molecule has 0 amide bonds. The molecule has 1 saturated heterocycles. The van der Waals surface area contributed by atoms with Crippen LogP contribution in [0.15, 0.2) is 24.3 Å². The van der Waals surface area contributed by atoms with E-state index < -0.39 is 5.97 Å². The molecule has 0 unspecified atom stereocenters. The van der Waals surface area contributed by atoms with Gasteiger partial charge in [-0.2, -0.15) is 0 Å². The Balaban J connectivity index is 1.77. The minimum atomic E-state index is -0.741. The molecule has 19 heavy (non-hydrogen) atoms. The Bertz CT molecular complexity index is 430. The molecule has 1 aromatic rings. The van der Waals surface area contributed by atoms with Gasteiger partial charge in [-0.05, 0) is 25.0 Å². The molecule has 4 nitrogen and oxygen atoms in total. The Morgan fingerprint density at radius 3 is 2.68 bits per heavy atom. The molecule has 1 aliphatic rings. The summed E-state index contributed by atoms with van der Waals surface area (Å²) in [5, 5.41) is 9.29. The van der Waals surface area contributed by atoms with E-state index in [0.717, 1.165) is 31.7 Å². The monoisotopic (exact) mass is 283 g/mol. The van der Waals surface area contributed by atoms with Crippen molar-refractivity contribution in [2.24, 2.45) is 0 Å². The number of ether oxygens (including phenoxy) is 1. The summed E-state index contributed by atoms with van der Waals surface area (Å²) in [7, 11) is 0. The van der Waals surface area contributed by atoms with Crippen LogP contribution in [-0.2, 0) is 4.79 Å². The van der Waals surface area contributed by atoms with Crippen LogP contribution < -0.4 is 4.74 Å². The highest BCUT2D eigenvalue weighted by Crippen LogP contribution is 2.26. The van der Waals surface area contributed by atoms with Crippen molar-refractivity contribution in [1.82, 2.24) is 4.90 Å². The topological polar surface area (TPSA) is 49.8 Å². The lowest BCUT2D eigenvalue weighted by atomic mass is 10.1. The molecule has 1 aromatic carbocycles. The number of carboxylic acid groups (broad SMARTS) is 1. The molecule has 0 saturated carbocycles. The van der Waals surface area contributed by atoms with Crippen LogP contribution in [-0.4, -0.2) is 41.7 Å². The number of hydrogen-bond donors (Lipinski definition) is 1. The first-order valence-electron chi connectivity index (χ1n) is 6.50. The third-order valence-electron chi connectivity index (χ3n) is 3.31. The minimum absolute atomic E-state index is 0.168. The van der Waals surface area contributed by atoms with Crippen molar-refractivity contribution < 1.29 is 14.6 Å². The molecule has 0 spiro atoms. The second-order valence-corrected chi connectivity index (χ2v) is 5.14. The highest BCUT2D eigenvalue weighted by atomic mass is 35.5. The van der Waals surface area contributed by atoms with Crippen LogP contribution in [0, 0.1) is 0 Å². The number of likely N-dealkylation sites (tertiary alicyclic amines) is 1. The maximum Gasteiger partial charge on any atom is 0.304 e. The number of aliphatic carboxylic acids is 1. The van der Waals surface area contributed by atoms with Crippen molar-refractivity contribution in [1.29, 1.82) is 0 Å². The van der Waals surface area contributed by atoms with Gasteiger partial charge in [-0.25, -0.2) is 0 Å². The molecule has 0 radical (unpaired) electrons. The molecule has 0 bridgehead atoms. The standard InChI is InChI=1S/C14H18ClNO3/c15-12-3-1-2-4-13(12)19-11-5-8-16(9-6-11)10-7-14(17)18/h1-4,11H,5-10H2,(H,17,18). The quantitative estimate of drug-likeness (QED) is 0.903. The summed E-state index contributed by atoms with van der Waals surface area (Å²) < 4.78 is 5.89. The highest BCUT2D eigenvalue weighted by molar-refractivity contribution is 6.32. The molecule has 2 rings (SSSR count). The molecule has 0 aromatic heterocycles. The van der Waals surface area contributed by atoms with Crippen LogP contribution in [0.25, 0.3) is 0 Å². The third kappa shape index (κ3) is 4.40. The predicted molar refractivity (Wildman–Crippen MR) is 73.8 cm³/mol. The van der Waals surface area contributed by atoms with Gasteiger partial charge < -0.3 is 14.7 Å². The molecule has 1 heterocycles. The maximum absolute atomic E-state index is 10.5. The van der Waals surface area contributed by atoms with E-state index in [4.69, 9.17) is 21.4 Å². The number of halogens is 1. The lowest BCUT2D eigenvalue weighted by Gasteiger charge is -2.31. The first-order valence-corrected chi connectivity index (χ1v) is 6.88. The van der Waals surface area contributed by atoms with E-state index in [2.05, 4.69) is 4.90 Å². The normalized spacial score (nSPS) is 17.3. The van der Waals surface area contributed by atoms with Crippen molar-refractivity contribution in [2.75, 3.05) is 19.6 Å². The van der Waals surface area contributed by atoms with Gasteiger partial charge in [-0.1, -0.05) is 23.7 Å². The van der Waals surface area contributed by atoms with Gasteiger partial charge in [0.15, 0.2) is 0 Å². The minimum Gasteiger partial charge on any atom is -0.489 e. The number of para-hydroxylation sites is 1. The first kappa shape index (κ1) is 14.2. The van der Waals surface area contributed by atoms with Crippen LogP contribution in [0.4, 0.5) is 0 Å². The summed E-state index contributed by atoms with van der Waals surface area (Å²) in [5.41, 5.74) is 0. The first-order chi connectivity index (χ1) is 9.15. The summed E-state index contributed by atoms with van der Waals surface area (Å²) >= 11 is 6.06. The molecular formula is C14H18ClNO3. The van der Waals surface area contributed by atoms with Gasteiger partial charge in [0, 0.05) is 19.6 Å². The van der Waals surface area contributed by atoms with Crippen molar-refractivity contribution in [2.45, 2.75) is 25.4 Å². The Morgan fingerprint density at radius 1 is 1.37 bits per heavy atom. The van der Waals surface area contributed by atoms with Gasteiger partial charge in [0.2, 0.25) is 0 Å². The number of rotatable bonds is 5. The van der Waals surface area contributed by atoms with E-state index in [1.54, 1.807) is 0 Å². The number of piperidine rings is 1. The lowest BCUT2D eigenvalue weighted by molar-refractivity contribution is -0.137. The zero-order valence-electron chi connectivity index (χ0n) is 10.7. The van der Waals surface area contributed by atoms with E-state index in [1.165, 1.54) is 0 Å². The average molecular weight is 284 g/mol. The summed E-state index contributed by atoms with van der Waals surface area (Å²) in [4.78, 5) is 12.7. The molecule has 1 fully saturated rings. The van der Waals surface area contributed by atoms with Crippen molar-refractivity contribution in [3.8, 4) is 5.75 Å². The van der Waals surface area contributed by atoms with Crippen molar-refractivity contribution in [3.63, 3.8) is 0 Å². The zero-order valence-corrected chi connectivity index (χ0v) is 11.5. The van der Waals surface area contributed by atoms with Crippen LogP contribution in [0.1, 0.15) is 19.3 Å². The van der Waals surface area contributed by atoms with E-state index >= 15 is 0 Å². The molecule has 0 atom stereocenters. The Hall–Kier alpha value is -1.26. The average Bonchev–Trinajstić information content (AvgIpc) is 2.40. The van der Waals surface area contributed by atoms with Crippen LogP contribution in [0.2, 0.25) is 5.02 Å². The fourth-order valence-electron chi connectivity index (χ4n) is 2.22. The van der Waals surface area contributed by atoms with Crippen LogP contribution in [0.3, 0.4) is 0 Å². The van der Waals surface area contributed by atoms with Crippen molar-refractivity contribution in [3.05, 3.63) is 29.3 Å². The number of carbonyl (C=O) groups is 1. The summed E-state index contributed by atoms with van der Waals surface area (Å²) in [6, 6.07) is 7.48. The van der Waals surface area contributed by atoms with Gasteiger partial charge in [0.05, 0.1) is 11.4 Å². The van der Waals surface area contributed by atoms with Crippen LogP contribution in [0.5, 0.6) is 5.75 Å². The fraction of sp³-hybridized carbons (Fsp3) is 0.500. The SMILES string of the molecule is O=C(O)CCN1CCC(Oc2ccccc2Cl)CC1. The predicted octanol–water partition coefficient (Wildman–Crippen LogP) is 2.66. The number of benzene rings is 1. The number of carboxylic acids is 1. The Morgan fingerprint density at radius 2 is 2.05 bits per heavy atom. The molecule has 1 N–H and O–H groups in total. The maximum atomic E-state index is 10.5. The second-order valence-electron chi connectivity index (χ2n) is 4.73. The summed E-state index contributed by atoms with van der Waals surface area (Å²) in [6.45, 7) is 2.37.